The monoisotopic (exact) mass is 283 g/mol. The molecule has 1 rings (SSSR count). The standard InChI is InChI=1S/C13H21N3O4/c1-13(2,3)9(5-7-17)14-11(19)8-16-6-4-10(18)15-12(16)20/h4,6,9,17H,5,7-8H2,1-3H3,(H,14,19)(H,15,18,20). The van der Waals surface area contributed by atoms with E-state index >= 15 is 0 Å². The van der Waals surface area contributed by atoms with Gasteiger partial charge >= 0.3 is 5.69 Å². The fraction of sp³-hybridized carbons (Fsp3) is 0.615. The summed E-state index contributed by atoms with van der Waals surface area (Å²) in [5, 5.41) is 11.8. The van der Waals surface area contributed by atoms with Crippen LogP contribution in [0.2, 0.25) is 0 Å². The lowest BCUT2D eigenvalue weighted by Crippen LogP contribution is -2.46. The Balaban J connectivity index is 2.75. The van der Waals surface area contributed by atoms with Crippen LogP contribution in [0.3, 0.4) is 0 Å². The van der Waals surface area contributed by atoms with E-state index in [0.29, 0.717) is 6.42 Å². The highest BCUT2D eigenvalue weighted by atomic mass is 16.3. The molecule has 0 aliphatic carbocycles. The van der Waals surface area contributed by atoms with E-state index < -0.39 is 11.2 Å². The minimum atomic E-state index is -0.623. The summed E-state index contributed by atoms with van der Waals surface area (Å²) in [5.41, 5.74) is -1.32. The number of carbonyl (C=O) groups is 1. The molecule has 0 saturated carbocycles. The van der Waals surface area contributed by atoms with Crippen molar-refractivity contribution >= 4 is 5.91 Å². The molecule has 112 valence electrons. The first-order chi connectivity index (χ1) is 9.24. The van der Waals surface area contributed by atoms with Gasteiger partial charge < -0.3 is 10.4 Å². The number of aromatic nitrogens is 2. The van der Waals surface area contributed by atoms with E-state index in [9.17, 15) is 14.4 Å². The Morgan fingerprint density at radius 2 is 2.10 bits per heavy atom. The van der Waals surface area contributed by atoms with Gasteiger partial charge in [-0.2, -0.15) is 0 Å². The number of hydrogen-bond acceptors (Lipinski definition) is 4. The van der Waals surface area contributed by atoms with Gasteiger partial charge in [-0.3, -0.25) is 19.1 Å². The molecular formula is C13H21N3O4. The van der Waals surface area contributed by atoms with Crippen molar-refractivity contribution in [3.63, 3.8) is 0 Å². The molecule has 1 heterocycles. The highest BCUT2D eigenvalue weighted by molar-refractivity contribution is 5.76. The Labute approximate surface area is 116 Å². The minimum Gasteiger partial charge on any atom is -0.396 e. The molecule has 1 amide bonds. The van der Waals surface area contributed by atoms with Crippen molar-refractivity contribution < 1.29 is 9.90 Å². The summed E-state index contributed by atoms with van der Waals surface area (Å²) < 4.78 is 1.12. The first-order valence-electron chi connectivity index (χ1n) is 6.44. The van der Waals surface area contributed by atoms with Crippen LogP contribution in [0.25, 0.3) is 0 Å². The number of nitrogens with one attached hydrogen (secondary N) is 2. The summed E-state index contributed by atoms with van der Waals surface area (Å²) in [4.78, 5) is 36.4. The van der Waals surface area contributed by atoms with E-state index in [0.717, 1.165) is 4.57 Å². The van der Waals surface area contributed by atoms with Crippen LogP contribution in [0.4, 0.5) is 0 Å². The predicted octanol–water partition coefficient (Wildman–Crippen LogP) is -0.550. The molecule has 0 bridgehead atoms. The van der Waals surface area contributed by atoms with Gasteiger partial charge in [-0.15, -0.1) is 0 Å². The number of carbonyl (C=O) groups excluding carboxylic acids is 1. The van der Waals surface area contributed by atoms with Crippen molar-refractivity contribution in [1.82, 2.24) is 14.9 Å². The Morgan fingerprint density at radius 1 is 1.45 bits per heavy atom. The van der Waals surface area contributed by atoms with Gasteiger partial charge in [0.1, 0.15) is 6.54 Å². The number of rotatable bonds is 5. The molecule has 7 nitrogen and oxygen atoms in total. The lowest BCUT2D eigenvalue weighted by molar-refractivity contribution is -0.123. The molecule has 1 aromatic rings. The molecule has 7 heteroatoms. The largest absolute Gasteiger partial charge is 0.396 e. The van der Waals surface area contributed by atoms with Crippen LogP contribution in [-0.2, 0) is 11.3 Å². The molecule has 0 aromatic carbocycles. The smallest absolute Gasteiger partial charge is 0.328 e. The van der Waals surface area contributed by atoms with Crippen LogP contribution < -0.4 is 16.6 Å². The number of amides is 1. The Bertz CT molecular complexity index is 568. The summed E-state index contributed by atoms with van der Waals surface area (Å²) in [6.07, 6.45) is 1.72. The third-order valence-corrected chi connectivity index (χ3v) is 3.01. The number of aliphatic hydroxyl groups is 1. The van der Waals surface area contributed by atoms with E-state index in [1.165, 1.54) is 12.3 Å². The van der Waals surface area contributed by atoms with Crippen LogP contribution in [0.1, 0.15) is 27.2 Å². The molecule has 0 fully saturated rings. The zero-order valence-electron chi connectivity index (χ0n) is 12.0. The van der Waals surface area contributed by atoms with Crippen LogP contribution >= 0.6 is 0 Å². The van der Waals surface area contributed by atoms with E-state index in [4.69, 9.17) is 5.11 Å². The van der Waals surface area contributed by atoms with E-state index in [2.05, 4.69) is 10.3 Å². The molecule has 0 saturated heterocycles. The third kappa shape index (κ3) is 4.65. The van der Waals surface area contributed by atoms with E-state index in [1.54, 1.807) is 0 Å². The minimum absolute atomic E-state index is 0.0270. The van der Waals surface area contributed by atoms with Crippen LogP contribution in [0.5, 0.6) is 0 Å². The summed E-state index contributed by atoms with van der Waals surface area (Å²) in [7, 11) is 0. The fourth-order valence-electron chi connectivity index (χ4n) is 1.81. The molecule has 20 heavy (non-hydrogen) atoms. The second-order valence-electron chi connectivity index (χ2n) is 5.74. The van der Waals surface area contributed by atoms with Gasteiger partial charge in [0.25, 0.3) is 5.56 Å². The Hall–Kier alpha value is -1.89. The molecule has 0 radical (unpaired) electrons. The zero-order chi connectivity index (χ0) is 15.3. The van der Waals surface area contributed by atoms with Gasteiger partial charge in [0.2, 0.25) is 5.91 Å². The van der Waals surface area contributed by atoms with Crippen LogP contribution in [0.15, 0.2) is 21.9 Å². The maximum absolute atomic E-state index is 11.9. The third-order valence-electron chi connectivity index (χ3n) is 3.01. The molecule has 0 spiro atoms. The predicted molar refractivity (Wildman–Crippen MR) is 74.4 cm³/mol. The molecule has 3 N–H and O–H groups in total. The normalized spacial score (nSPS) is 13.0. The average Bonchev–Trinajstić information content (AvgIpc) is 2.31. The Kier molecular flexibility index (Phi) is 5.26. The first-order valence-corrected chi connectivity index (χ1v) is 6.44. The summed E-state index contributed by atoms with van der Waals surface area (Å²) in [5.74, 6) is -0.340. The number of hydrogen-bond donors (Lipinski definition) is 3. The van der Waals surface area contributed by atoms with Gasteiger partial charge in [0.15, 0.2) is 0 Å². The van der Waals surface area contributed by atoms with Gasteiger partial charge in [-0.25, -0.2) is 4.79 Å². The van der Waals surface area contributed by atoms with Crippen molar-refractivity contribution in [2.75, 3.05) is 6.61 Å². The summed E-state index contributed by atoms with van der Waals surface area (Å²) in [6.45, 7) is 5.67. The quantitative estimate of drug-likeness (QED) is 0.674. The van der Waals surface area contributed by atoms with Crippen molar-refractivity contribution in [2.24, 2.45) is 5.41 Å². The van der Waals surface area contributed by atoms with Crippen molar-refractivity contribution in [2.45, 2.75) is 39.8 Å². The van der Waals surface area contributed by atoms with Gasteiger partial charge in [-0.1, -0.05) is 20.8 Å². The maximum atomic E-state index is 11.9. The summed E-state index contributed by atoms with van der Waals surface area (Å²) in [6, 6.07) is 0.988. The highest BCUT2D eigenvalue weighted by Gasteiger charge is 2.25. The molecule has 1 atom stereocenters. The number of nitrogens with zero attached hydrogens (tertiary/aromatic N) is 1. The molecule has 0 aliphatic heterocycles. The van der Waals surface area contributed by atoms with Crippen LogP contribution in [-0.4, -0.2) is 33.2 Å². The summed E-state index contributed by atoms with van der Waals surface area (Å²) >= 11 is 0. The van der Waals surface area contributed by atoms with Crippen molar-refractivity contribution in [1.29, 1.82) is 0 Å². The highest BCUT2D eigenvalue weighted by Crippen LogP contribution is 2.21. The fourth-order valence-corrected chi connectivity index (χ4v) is 1.81. The second kappa shape index (κ2) is 6.51. The Morgan fingerprint density at radius 3 is 2.60 bits per heavy atom. The number of aliphatic hydroxyl groups excluding tert-OH is 1. The lowest BCUT2D eigenvalue weighted by Gasteiger charge is -2.31. The zero-order valence-corrected chi connectivity index (χ0v) is 12.0. The van der Waals surface area contributed by atoms with Gasteiger partial charge in [0.05, 0.1) is 0 Å². The molecular weight excluding hydrogens is 262 g/mol. The van der Waals surface area contributed by atoms with E-state index in [1.807, 2.05) is 20.8 Å². The van der Waals surface area contributed by atoms with E-state index in [-0.39, 0.29) is 30.5 Å². The van der Waals surface area contributed by atoms with Crippen molar-refractivity contribution in [3.8, 4) is 0 Å². The maximum Gasteiger partial charge on any atom is 0.328 e. The molecule has 1 aromatic heterocycles. The molecule has 1 unspecified atom stereocenters. The second-order valence-corrected chi connectivity index (χ2v) is 5.74. The SMILES string of the molecule is CC(C)(C)C(CCO)NC(=O)Cn1ccc(=O)[nH]c1=O. The van der Waals surface area contributed by atoms with Gasteiger partial charge in [-0.05, 0) is 11.8 Å². The lowest BCUT2D eigenvalue weighted by atomic mass is 9.85. The first kappa shape index (κ1) is 16.2. The topological polar surface area (TPSA) is 104 Å². The number of H-pyrrole nitrogens is 1. The van der Waals surface area contributed by atoms with Crippen LogP contribution in [0, 0.1) is 5.41 Å². The van der Waals surface area contributed by atoms with Gasteiger partial charge in [0, 0.05) is 24.9 Å². The van der Waals surface area contributed by atoms with Crippen molar-refractivity contribution in [3.05, 3.63) is 33.1 Å². The average molecular weight is 283 g/mol. The molecule has 0 aliphatic rings. The number of aromatic amines is 1.